The highest BCUT2D eigenvalue weighted by Crippen LogP contribution is 2.32. The van der Waals surface area contributed by atoms with E-state index < -0.39 is 12.1 Å². The van der Waals surface area contributed by atoms with Crippen LogP contribution in [0.25, 0.3) is 21.8 Å². The minimum absolute atomic E-state index is 0.0736. The smallest absolute Gasteiger partial charge is 0.475 e. The number of carboxylic acids is 1. The molecule has 0 spiro atoms. The molecule has 11 heteroatoms. The lowest BCUT2D eigenvalue weighted by Gasteiger charge is -2.05. The molecule has 138 valence electrons. The zero-order valence-corrected chi connectivity index (χ0v) is 13.6. The molecule has 0 atom stereocenters. The highest BCUT2D eigenvalue weighted by molar-refractivity contribution is 6.32. The van der Waals surface area contributed by atoms with Gasteiger partial charge in [-0.05, 0) is 18.2 Å². The van der Waals surface area contributed by atoms with Crippen LogP contribution in [0, 0.1) is 0 Å². The van der Waals surface area contributed by atoms with Crippen LogP contribution in [0.4, 0.5) is 18.9 Å². The average molecular weight is 389 g/mol. The summed E-state index contributed by atoms with van der Waals surface area (Å²) in [5.41, 5.74) is 7.64. The predicted molar refractivity (Wildman–Crippen MR) is 90.0 cm³/mol. The van der Waals surface area contributed by atoms with Crippen molar-refractivity contribution in [2.24, 2.45) is 5.73 Å². The van der Waals surface area contributed by atoms with E-state index >= 15 is 0 Å². The molecule has 0 unspecified atom stereocenters. The average Bonchev–Trinajstić information content (AvgIpc) is 2.93. The number of aromatic nitrogens is 2. The lowest BCUT2D eigenvalue weighted by atomic mass is 10.1. The number of H-pyrrole nitrogens is 1. The maximum absolute atomic E-state index is 11.4. The first-order valence-corrected chi connectivity index (χ1v) is 7.36. The molecule has 0 aliphatic heterocycles. The molecule has 1 aromatic carbocycles. The maximum atomic E-state index is 11.4. The maximum Gasteiger partial charge on any atom is 0.490 e. The number of amides is 1. The number of anilines is 1. The summed E-state index contributed by atoms with van der Waals surface area (Å²) in [5, 5.41) is 12.4. The summed E-state index contributed by atoms with van der Waals surface area (Å²) < 4.78 is 31.7. The first kappa shape index (κ1) is 19.5. The van der Waals surface area contributed by atoms with E-state index in [1.165, 1.54) is 0 Å². The van der Waals surface area contributed by atoms with Crippen LogP contribution in [-0.2, 0) is 9.59 Å². The van der Waals surface area contributed by atoms with Gasteiger partial charge < -0.3 is 21.1 Å². The summed E-state index contributed by atoms with van der Waals surface area (Å²) in [6.07, 6.45) is -1.63. The quantitative estimate of drug-likeness (QED) is 0.538. The number of rotatable bonds is 2. The molecule has 26 heavy (non-hydrogen) atoms. The zero-order valence-electron chi connectivity index (χ0n) is 12.9. The Labute approximate surface area is 148 Å². The largest absolute Gasteiger partial charge is 0.490 e. The number of carbonyl (C=O) groups excluding carboxylic acids is 1. The van der Waals surface area contributed by atoms with Crippen molar-refractivity contribution in [3.63, 3.8) is 0 Å². The van der Waals surface area contributed by atoms with Gasteiger partial charge >= 0.3 is 12.1 Å². The molecule has 7 nitrogen and oxygen atoms in total. The third-order valence-corrected chi connectivity index (χ3v) is 3.39. The minimum atomic E-state index is -5.08. The second-order valence-corrected chi connectivity index (χ2v) is 5.41. The van der Waals surface area contributed by atoms with E-state index in [1.807, 2.05) is 12.1 Å². The van der Waals surface area contributed by atoms with E-state index in [1.54, 1.807) is 18.5 Å². The molecule has 1 amide bonds. The van der Waals surface area contributed by atoms with Gasteiger partial charge in [-0.1, -0.05) is 11.6 Å². The monoisotopic (exact) mass is 388 g/mol. The van der Waals surface area contributed by atoms with Gasteiger partial charge in [-0.15, -0.1) is 0 Å². The topological polar surface area (TPSA) is 121 Å². The second-order valence-electron chi connectivity index (χ2n) is 4.98. The molecular weight excluding hydrogens is 377 g/mol. The Kier molecular flexibility index (Phi) is 5.68. The Morgan fingerprint density at radius 3 is 2.54 bits per heavy atom. The summed E-state index contributed by atoms with van der Waals surface area (Å²) in [5.74, 6) is -3.02. The van der Waals surface area contributed by atoms with Crippen molar-refractivity contribution in [3.8, 4) is 0 Å². The van der Waals surface area contributed by atoms with E-state index in [0.29, 0.717) is 10.7 Å². The number of aromatic amines is 1. The molecule has 2 aromatic heterocycles. The molecular formula is C15H12ClF3N4O3. The molecule has 0 fully saturated rings. The Morgan fingerprint density at radius 2 is 1.96 bits per heavy atom. The molecule has 0 aliphatic carbocycles. The van der Waals surface area contributed by atoms with Gasteiger partial charge in [0.05, 0.1) is 29.5 Å². The number of nitrogens with zero attached hydrogens (tertiary/aromatic N) is 1. The number of nitrogens with two attached hydrogens (primary N) is 1. The number of aliphatic carboxylic acids is 1. The van der Waals surface area contributed by atoms with Crippen LogP contribution in [-0.4, -0.2) is 39.7 Å². The molecule has 0 aliphatic rings. The number of benzene rings is 1. The van der Waals surface area contributed by atoms with E-state index in [-0.39, 0.29) is 12.5 Å². The number of pyridine rings is 1. The van der Waals surface area contributed by atoms with Crippen LogP contribution in [0.2, 0.25) is 5.02 Å². The summed E-state index contributed by atoms with van der Waals surface area (Å²) in [4.78, 5) is 27.6. The van der Waals surface area contributed by atoms with Gasteiger partial charge in [0.25, 0.3) is 0 Å². The lowest BCUT2D eigenvalue weighted by Crippen LogP contribution is -2.21. The number of fused-ring (bicyclic) bond motifs is 3. The van der Waals surface area contributed by atoms with E-state index in [9.17, 15) is 18.0 Å². The van der Waals surface area contributed by atoms with Crippen molar-refractivity contribution in [3.05, 3.63) is 35.6 Å². The van der Waals surface area contributed by atoms with Crippen molar-refractivity contribution in [1.82, 2.24) is 9.97 Å². The van der Waals surface area contributed by atoms with Gasteiger partial charge in [-0.2, -0.15) is 13.2 Å². The predicted octanol–water partition coefficient (Wildman–Crippen LogP) is 2.90. The van der Waals surface area contributed by atoms with Crippen LogP contribution in [0.5, 0.6) is 0 Å². The standard InChI is InChI=1S/C13H11ClN4O.C2HF3O2/c14-7-3-9-8-1-2-16-6-11(8)18-13(9)10(4-7)17-12(19)5-15;3-2(4,5)1(6)7/h1-4,6,18H,5,15H2,(H,17,19);(H,6,7). The van der Waals surface area contributed by atoms with Crippen LogP contribution in [0.1, 0.15) is 0 Å². The number of carbonyl (C=O) groups is 2. The van der Waals surface area contributed by atoms with Crippen molar-refractivity contribution in [1.29, 1.82) is 0 Å². The number of hydrogen-bond donors (Lipinski definition) is 4. The van der Waals surface area contributed by atoms with Crippen LogP contribution >= 0.6 is 11.6 Å². The molecule has 0 saturated carbocycles. The van der Waals surface area contributed by atoms with Crippen LogP contribution in [0.3, 0.4) is 0 Å². The highest BCUT2D eigenvalue weighted by Gasteiger charge is 2.38. The van der Waals surface area contributed by atoms with Crippen molar-refractivity contribution in [2.45, 2.75) is 6.18 Å². The summed E-state index contributed by atoms with van der Waals surface area (Å²) in [6.45, 7) is -0.0736. The molecule has 3 rings (SSSR count). The Hall–Kier alpha value is -2.85. The van der Waals surface area contributed by atoms with Crippen molar-refractivity contribution < 1.29 is 27.9 Å². The second kappa shape index (κ2) is 7.58. The fourth-order valence-corrected chi connectivity index (χ4v) is 2.34. The lowest BCUT2D eigenvalue weighted by molar-refractivity contribution is -0.192. The number of halogens is 4. The number of hydrogen-bond acceptors (Lipinski definition) is 4. The normalized spacial score (nSPS) is 11.1. The molecule has 0 bridgehead atoms. The fraction of sp³-hybridized carbons (Fsp3) is 0.133. The van der Waals surface area contributed by atoms with E-state index in [2.05, 4.69) is 15.3 Å². The Bertz CT molecular complexity index is 972. The van der Waals surface area contributed by atoms with Gasteiger partial charge in [0.1, 0.15) is 0 Å². The Morgan fingerprint density at radius 1 is 1.31 bits per heavy atom. The highest BCUT2D eigenvalue weighted by atomic mass is 35.5. The minimum Gasteiger partial charge on any atom is -0.475 e. The fourth-order valence-electron chi connectivity index (χ4n) is 2.12. The molecule has 0 saturated heterocycles. The zero-order chi connectivity index (χ0) is 19.5. The number of nitrogens with one attached hydrogen (secondary N) is 2. The van der Waals surface area contributed by atoms with Gasteiger partial charge in [0.2, 0.25) is 5.91 Å². The first-order chi connectivity index (χ1) is 12.1. The summed E-state index contributed by atoms with van der Waals surface area (Å²) >= 11 is 6.10. The van der Waals surface area contributed by atoms with Gasteiger partial charge in [0, 0.05) is 22.0 Å². The number of alkyl halides is 3. The SMILES string of the molecule is NCC(=O)Nc1cc(Cl)cc2c1[nH]c1cnccc12.O=C(O)C(F)(F)F. The van der Waals surface area contributed by atoms with Gasteiger partial charge in [-0.25, -0.2) is 4.79 Å². The molecule has 0 radical (unpaired) electrons. The van der Waals surface area contributed by atoms with Crippen molar-refractivity contribution in [2.75, 3.05) is 11.9 Å². The summed E-state index contributed by atoms with van der Waals surface area (Å²) in [7, 11) is 0. The van der Waals surface area contributed by atoms with Gasteiger partial charge in [0.15, 0.2) is 0 Å². The van der Waals surface area contributed by atoms with E-state index in [4.69, 9.17) is 27.2 Å². The van der Waals surface area contributed by atoms with Crippen LogP contribution < -0.4 is 11.1 Å². The van der Waals surface area contributed by atoms with Crippen LogP contribution in [0.15, 0.2) is 30.6 Å². The first-order valence-electron chi connectivity index (χ1n) is 6.98. The number of carboxylic acid groups (broad SMARTS) is 1. The van der Waals surface area contributed by atoms with E-state index in [0.717, 1.165) is 21.8 Å². The third-order valence-electron chi connectivity index (χ3n) is 3.18. The molecule has 5 N–H and O–H groups in total. The van der Waals surface area contributed by atoms with Gasteiger partial charge in [-0.3, -0.25) is 9.78 Å². The molecule has 2 heterocycles. The molecule has 3 aromatic rings. The Balaban J connectivity index is 0.000000298. The third kappa shape index (κ3) is 4.41. The van der Waals surface area contributed by atoms with Crippen molar-refractivity contribution >= 4 is 51.0 Å². The summed E-state index contributed by atoms with van der Waals surface area (Å²) in [6, 6.07) is 5.45.